The topological polar surface area (TPSA) is 62.2 Å². The lowest BCUT2D eigenvalue weighted by atomic mass is 9.87. The summed E-state index contributed by atoms with van der Waals surface area (Å²) in [7, 11) is 0. The lowest BCUT2D eigenvalue weighted by Gasteiger charge is -2.30. The molecule has 28 heavy (non-hydrogen) atoms. The Morgan fingerprint density at radius 3 is 2.79 bits per heavy atom. The lowest BCUT2D eigenvalue weighted by molar-refractivity contribution is -0.117. The highest BCUT2D eigenvalue weighted by molar-refractivity contribution is 6.32. The second-order valence-electron chi connectivity index (χ2n) is 8.10. The molecule has 0 N–H and O–H groups in total. The van der Waals surface area contributed by atoms with Crippen LogP contribution in [-0.4, -0.2) is 55.2 Å². The van der Waals surface area contributed by atoms with Gasteiger partial charge in [-0.1, -0.05) is 31.5 Å². The predicted octanol–water partition coefficient (Wildman–Crippen LogP) is 2.94. The number of anilines is 1. The van der Waals surface area contributed by atoms with Crippen molar-refractivity contribution in [1.29, 1.82) is 0 Å². The fraction of sp³-hybridized carbons (Fsp3) is 0.476. The molecule has 6 nitrogen and oxygen atoms in total. The molecule has 4 rings (SSSR count). The SMILES string of the molecule is CC1(C)CN(C(=O)CC2=NC(N3CCOCC3)=CC(=O)C2)c2cccc(Cl)c21. The van der Waals surface area contributed by atoms with Crippen molar-refractivity contribution < 1.29 is 14.3 Å². The second-order valence-corrected chi connectivity index (χ2v) is 8.50. The smallest absolute Gasteiger partial charge is 0.232 e. The molecule has 0 radical (unpaired) electrons. The number of hydrogen-bond acceptors (Lipinski definition) is 5. The first kappa shape index (κ1) is 19.2. The predicted molar refractivity (Wildman–Crippen MR) is 109 cm³/mol. The average molecular weight is 402 g/mol. The number of carbonyl (C=O) groups is 2. The van der Waals surface area contributed by atoms with E-state index in [1.54, 1.807) is 11.0 Å². The third-order valence-corrected chi connectivity index (χ3v) is 5.76. The number of amides is 1. The zero-order valence-electron chi connectivity index (χ0n) is 16.2. The number of aliphatic imine (C=N–C) groups is 1. The van der Waals surface area contributed by atoms with E-state index in [2.05, 4.69) is 18.8 Å². The molecular formula is C21H24ClN3O3. The van der Waals surface area contributed by atoms with Gasteiger partial charge in [0.15, 0.2) is 5.78 Å². The van der Waals surface area contributed by atoms with Gasteiger partial charge in [0.25, 0.3) is 0 Å². The summed E-state index contributed by atoms with van der Waals surface area (Å²) < 4.78 is 5.36. The van der Waals surface area contributed by atoms with Crippen LogP contribution in [0.25, 0.3) is 0 Å². The van der Waals surface area contributed by atoms with Crippen LogP contribution in [0.2, 0.25) is 5.02 Å². The van der Waals surface area contributed by atoms with E-state index in [-0.39, 0.29) is 29.9 Å². The van der Waals surface area contributed by atoms with Crippen molar-refractivity contribution in [3.8, 4) is 0 Å². The number of allylic oxidation sites excluding steroid dienone is 1. The fourth-order valence-electron chi connectivity index (χ4n) is 4.15. The molecule has 3 aliphatic heterocycles. The monoisotopic (exact) mass is 401 g/mol. The molecule has 0 spiro atoms. The van der Waals surface area contributed by atoms with Crippen molar-refractivity contribution in [1.82, 2.24) is 4.90 Å². The second kappa shape index (κ2) is 7.33. The number of hydrogen-bond donors (Lipinski definition) is 0. The van der Waals surface area contributed by atoms with E-state index < -0.39 is 0 Å². The third kappa shape index (κ3) is 3.59. The summed E-state index contributed by atoms with van der Waals surface area (Å²) in [6.45, 7) is 7.40. The fourth-order valence-corrected chi connectivity index (χ4v) is 4.57. The van der Waals surface area contributed by atoms with Gasteiger partial charge >= 0.3 is 0 Å². The molecule has 7 heteroatoms. The van der Waals surface area contributed by atoms with Crippen molar-refractivity contribution in [3.63, 3.8) is 0 Å². The van der Waals surface area contributed by atoms with E-state index in [9.17, 15) is 9.59 Å². The van der Waals surface area contributed by atoms with Crippen molar-refractivity contribution in [3.05, 3.63) is 40.7 Å². The highest BCUT2D eigenvalue weighted by Gasteiger charge is 2.39. The van der Waals surface area contributed by atoms with Crippen LogP contribution in [0.1, 0.15) is 32.3 Å². The van der Waals surface area contributed by atoms with E-state index in [1.807, 2.05) is 23.1 Å². The summed E-state index contributed by atoms with van der Waals surface area (Å²) in [6.07, 6.45) is 1.90. The van der Waals surface area contributed by atoms with Gasteiger partial charge in [-0.05, 0) is 12.1 Å². The molecule has 3 heterocycles. The molecular weight excluding hydrogens is 378 g/mol. The summed E-state index contributed by atoms with van der Waals surface area (Å²) >= 11 is 6.41. The minimum atomic E-state index is -0.216. The van der Waals surface area contributed by atoms with Crippen LogP contribution in [0.5, 0.6) is 0 Å². The number of halogens is 1. The number of carbonyl (C=O) groups excluding carboxylic acids is 2. The molecule has 1 saturated heterocycles. The molecule has 0 aromatic heterocycles. The molecule has 0 aliphatic carbocycles. The normalized spacial score (nSPS) is 21.3. The maximum Gasteiger partial charge on any atom is 0.232 e. The van der Waals surface area contributed by atoms with Crippen LogP contribution < -0.4 is 4.90 Å². The Hall–Kier alpha value is -2.18. The summed E-state index contributed by atoms with van der Waals surface area (Å²) in [4.78, 5) is 33.8. The van der Waals surface area contributed by atoms with Crippen LogP contribution in [-0.2, 0) is 19.7 Å². The minimum Gasteiger partial charge on any atom is -0.378 e. The standard InChI is InChI=1S/C21H24ClN3O3/c1-21(2)13-25(17-5-3-4-16(22)20(17)21)19(27)11-14-10-15(26)12-18(23-14)24-6-8-28-9-7-24/h3-5,12H,6-11,13H2,1-2H3. The van der Waals surface area contributed by atoms with E-state index in [1.165, 1.54) is 0 Å². The number of fused-ring (bicyclic) bond motifs is 1. The Bertz CT molecular complexity index is 885. The zero-order valence-corrected chi connectivity index (χ0v) is 17.0. The minimum absolute atomic E-state index is 0.00973. The maximum absolute atomic E-state index is 13.1. The molecule has 1 fully saturated rings. The summed E-state index contributed by atoms with van der Waals surface area (Å²) in [6, 6.07) is 5.66. The Morgan fingerprint density at radius 1 is 1.29 bits per heavy atom. The molecule has 0 saturated carbocycles. The van der Waals surface area contributed by atoms with Gasteiger partial charge < -0.3 is 14.5 Å². The Balaban J connectivity index is 1.54. The van der Waals surface area contributed by atoms with Gasteiger partial charge in [-0.3, -0.25) is 9.59 Å². The first-order valence-electron chi connectivity index (χ1n) is 9.58. The summed E-state index contributed by atoms with van der Waals surface area (Å²) in [5, 5.41) is 0.681. The largest absolute Gasteiger partial charge is 0.378 e. The highest BCUT2D eigenvalue weighted by Crippen LogP contribution is 2.44. The maximum atomic E-state index is 13.1. The summed E-state index contributed by atoms with van der Waals surface area (Å²) in [5.74, 6) is 0.584. The molecule has 1 aromatic rings. The van der Waals surface area contributed by atoms with E-state index >= 15 is 0 Å². The number of morpholine rings is 1. The number of nitrogens with zero attached hydrogens (tertiary/aromatic N) is 3. The van der Waals surface area contributed by atoms with Crippen molar-refractivity contribution in [2.24, 2.45) is 4.99 Å². The van der Waals surface area contributed by atoms with Crippen LogP contribution in [0.3, 0.4) is 0 Å². The average Bonchev–Trinajstić information content (AvgIpc) is 2.94. The molecule has 1 aromatic carbocycles. The van der Waals surface area contributed by atoms with Gasteiger partial charge in [0.05, 0.1) is 19.6 Å². The van der Waals surface area contributed by atoms with Gasteiger partial charge in [-0.15, -0.1) is 0 Å². The zero-order chi connectivity index (χ0) is 19.9. The molecule has 0 unspecified atom stereocenters. The first-order valence-corrected chi connectivity index (χ1v) is 9.96. The molecule has 3 aliphatic rings. The van der Waals surface area contributed by atoms with E-state index in [0.29, 0.717) is 49.4 Å². The van der Waals surface area contributed by atoms with Crippen LogP contribution in [0.4, 0.5) is 5.69 Å². The molecule has 0 atom stereocenters. The van der Waals surface area contributed by atoms with Crippen LogP contribution >= 0.6 is 11.6 Å². The van der Waals surface area contributed by atoms with Crippen molar-refractivity contribution >= 4 is 34.7 Å². The Morgan fingerprint density at radius 2 is 2.04 bits per heavy atom. The van der Waals surface area contributed by atoms with Crippen LogP contribution in [0.15, 0.2) is 35.1 Å². The Labute approximate surface area is 169 Å². The van der Waals surface area contributed by atoms with Gasteiger partial charge in [0, 0.05) is 59.5 Å². The van der Waals surface area contributed by atoms with Gasteiger partial charge in [-0.25, -0.2) is 4.99 Å². The first-order chi connectivity index (χ1) is 13.3. The van der Waals surface area contributed by atoms with Gasteiger partial charge in [-0.2, -0.15) is 0 Å². The highest BCUT2D eigenvalue weighted by atomic mass is 35.5. The number of benzene rings is 1. The van der Waals surface area contributed by atoms with Crippen LogP contribution in [0, 0.1) is 0 Å². The molecule has 1 amide bonds. The van der Waals surface area contributed by atoms with E-state index in [0.717, 1.165) is 11.3 Å². The van der Waals surface area contributed by atoms with E-state index in [4.69, 9.17) is 16.3 Å². The lowest BCUT2D eigenvalue weighted by Crippen LogP contribution is -2.38. The molecule has 148 valence electrons. The molecule has 0 bridgehead atoms. The number of ether oxygens (including phenoxy) is 1. The summed E-state index contributed by atoms with van der Waals surface area (Å²) in [5.41, 5.74) is 2.26. The quantitative estimate of drug-likeness (QED) is 0.781. The number of ketones is 1. The Kier molecular flexibility index (Phi) is 5.02. The van der Waals surface area contributed by atoms with Crippen molar-refractivity contribution in [2.75, 3.05) is 37.7 Å². The van der Waals surface area contributed by atoms with Gasteiger partial charge in [0.1, 0.15) is 5.82 Å². The third-order valence-electron chi connectivity index (χ3n) is 5.45. The van der Waals surface area contributed by atoms with Gasteiger partial charge in [0.2, 0.25) is 5.91 Å². The van der Waals surface area contributed by atoms with Crippen molar-refractivity contribution in [2.45, 2.75) is 32.1 Å². The number of rotatable bonds is 3.